The van der Waals surface area contributed by atoms with Gasteiger partial charge in [-0.05, 0) is 35.5 Å². The standard InChI is InChI=1S/C12H12ClN5OS/c13-10-15-11(18-5-7-19-8-6-18)17-12(16-10)20-9-3-1-2-4-14-9/h1-4H,5-8H2. The predicted molar refractivity (Wildman–Crippen MR) is 76.2 cm³/mol. The van der Waals surface area contributed by atoms with Crippen LogP contribution in [0, 0.1) is 0 Å². The van der Waals surface area contributed by atoms with Crippen molar-refractivity contribution in [1.29, 1.82) is 0 Å². The molecule has 8 heteroatoms. The molecule has 0 amide bonds. The van der Waals surface area contributed by atoms with Gasteiger partial charge in [-0.1, -0.05) is 6.07 Å². The van der Waals surface area contributed by atoms with Crippen LogP contribution in [-0.2, 0) is 4.74 Å². The van der Waals surface area contributed by atoms with Gasteiger partial charge >= 0.3 is 0 Å². The molecule has 3 rings (SSSR count). The summed E-state index contributed by atoms with van der Waals surface area (Å²) in [4.78, 5) is 19.0. The Labute approximate surface area is 125 Å². The summed E-state index contributed by atoms with van der Waals surface area (Å²) in [6.45, 7) is 2.86. The van der Waals surface area contributed by atoms with Gasteiger partial charge in [0.15, 0.2) is 5.16 Å². The smallest absolute Gasteiger partial charge is 0.230 e. The second kappa shape index (κ2) is 6.34. The molecular weight excluding hydrogens is 298 g/mol. The molecule has 0 atom stereocenters. The number of anilines is 1. The first-order valence-corrected chi connectivity index (χ1v) is 7.34. The second-order valence-corrected chi connectivity index (χ2v) is 5.38. The first-order chi connectivity index (χ1) is 9.81. The van der Waals surface area contributed by atoms with Crippen molar-refractivity contribution >= 4 is 29.3 Å². The molecule has 20 heavy (non-hydrogen) atoms. The Hall–Kier alpha value is -1.44. The normalized spacial score (nSPS) is 15.3. The largest absolute Gasteiger partial charge is 0.378 e. The average Bonchev–Trinajstić information content (AvgIpc) is 2.49. The molecule has 0 N–H and O–H groups in total. The quantitative estimate of drug-likeness (QED) is 0.858. The SMILES string of the molecule is Clc1nc(Sc2ccccn2)nc(N2CCOCC2)n1. The number of morpholine rings is 1. The molecule has 0 spiro atoms. The van der Waals surface area contributed by atoms with Gasteiger partial charge in [0, 0.05) is 19.3 Å². The summed E-state index contributed by atoms with van der Waals surface area (Å²) in [5.74, 6) is 0.590. The molecule has 1 aliphatic heterocycles. The zero-order valence-corrected chi connectivity index (χ0v) is 12.1. The Morgan fingerprint density at radius 1 is 1.15 bits per heavy atom. The minimum atomic E-state index is 0.194. The zero-order valence-electron chi connectivity index (χ0n) is 10.6. The molecule has 2 aromatic heterocycles. The van der Waals surface area contributed by atoms with E-state index in [1.807, 2.05) is 23.1 Å². The first kappa shape index (κ1) is 13.5. The van der Waals surface area contributed by atoms with E-state index in [0.717, 1.165) is 18.1 Å². The highest BCUT2D eigenvalue weighted by molar-refractivity contribution is 7.99. The lowest BCUT2D eigenvalue weighted by Gasteiger charge is -2.26. The number of aromatic nitrogens is 4. The Kier molecular flexibility index (Phi) is 4.29. The van der Waals surface area contributed by atoms with Crippen molar-refractivity contribution in [1.82, 2.24) is 19.9 Å². The summed E-state index contributed by atoms with van der Waals surface area (Å²) in [5, 5.41) is 1.56. The monoisotopic (exact) mass is 309 g/mol. The number of hydrogen-bond donors (Lipinski definition) is 0. The van der Waals surface area contributed by atoms with Crippen LogP contribution in [0.4, 0.5) is 5.95 Å². The van der Waals surface area contributed by atoms with E-state index in [4.69, 9.17) is 16.3 Å². The summed E-state index contributed by atoms with van der Waals surface area (Å²) >= 11 is 7.35. The molecule has 0 bridgehead atoms. The molecule has 6 nitrogen and oxygen atoms in total. The number of rotatable bonds is 3. The van der Waals surface area contributed by atoms with E-state index in [-0.39, 0.29) is 5.28 Å². The number of pyridine rings is 1. The van der Waals surface area contributed by atoms with Gasteiger partial charge in [0.05, 0.1) is 13.2 Å². The summed E-state index contributed by atoms with van der Waals surface area (Å²) in [6, 6.07) is 5.68. The van der Waals surface area contributed by atoms with Crippen molar-refractivity contribution < 1.29 is 4.74 Å². The van der Waals surface area contributed by atoms with Gasteiger partial charge in [-0.25, -0.2) is 4.98 Å². The van der Waals surface area contributed by atoms with Crippen molar-refractivity contribution in [3.8, 4) is 0 Å². The maximum atomic E-state index is 5.98. The Morgan fingerprint density at radius 3 is 2.75 bits per heavy atom. The molecule has 3 heterocycles. The van der Waals surface area contributed by atoms with Gasteiger partial charge < -0.3 is 9.64 Å². The second-order valence-electron chi connectivity index (χ2n) is 4.06. The fourth-order valence-corrected chi connectivity index (χ4v) is 2.69. The molecule has 0 radical (unpaired) electrons. The van der Waals surface area contributed by atoms with Crippen LogP contribution in [0.2, 0.25) is 5.28 Å². The van der Waals surface area contributed by atoms with E-state index < -0.39 is 0 Å². The highest BCUT2D eigenvalue weighted by Gasteiger charge is 2.16. The summed E-state index contributed by atoms with van der Waals surface area (Å²) in [5.41, 5.74) is 0. The van der Waals surface area contributed by atoms with Crippen molar-refractivity contribution in [2.75, 3.05) is 31.2 Å². The summed E-state index contributed by atoms with van der Waals surface area (Å²) in [6.07, 6.45) is 1.73. The summed E-state index contributed by atoms with van der Waals surface area (Å²) < 4.78 is 5.32. The molecule has 0 aromatic carbocycles. The molecule has 0 saturated carbocycles. The molecule has 1 fully saturated rings. The van der Waals surface area contributed by atoms with E-state index in [0.29, 0.717) is 24.3 Å². The van der Waals surface area contributed by atoms with Gasteiger partial charge in [0.1, 0.15) is 5.03 Å². The molecular formula is C12H12ClN5OS. The van der Waals surface area contributed by atoms with E-state index >= 15 is 0 Å². The lowest BCUT2D eigenvalue weighted by molar-refractivity contribution is 0.122. The van der Waals surface area contributed by atoms with Crippen molar-refractivity contribution in [3.63, 3.8) is 0 Å². The number of halogens is 1. The fourth-order valence-electron chi connectivity index (χ4n) is 1.77. The molecule has 0 unspecified atom stereocenters. The van der Waals surface area contributed by atoms with Crippen molar-refractivity contribution in [3.05, 3.63) is 29.7 Å². The van der Waals surface area contributed by atoms with Crippen molar-refractivity contribution in [2.45, 2.75) is 10.2 Å². The molecule has 0 aliphatic carbocycles. The van der Waals surface area contributed by atoms with E-state index in [9.17, 15) is 0 Å². The van der Waals surface area contributed by atoms with Crippen LogP contribution in [0.1, 0.15) is 0 Å². The van der Waals surface area contributed by atoms with Crippen LogP contribution in [-0.4, -0.2) is 46.2 Å². The average molecular weight is 310 g/mol. The molecule has 104 valence electrons. The number of hydrogen-bond acceptors (Lipinski definition) is 7. The van der Waals surface area contributed by atoms with E-state index in [1.54, 1.807) is 6.20 Å². The zero-order chi connectivity index (χ0) is 13.8. The summed E-state index contributed by atoms with van der Waals surface area (Å²) in [7, 11) is 0. The number of nitrogens with zero attached hydrogens (tertiary/aromatic N) is 5. The van der Waals surface area contributed by atoms with E-state index in [2.05, 4.69) is 19.9 Å². The van der Waals surface area contributed by atoms with Crippen LogP contribution in [0.3, 0.4) is 0 Å². The van der Waals surface area contributed by atoms with Gasteiger partial charge in [-0.3, -0.25) is 0 Å². The Balaban J connectivity index is 1.82. The van der Waals surface area contributed by atoms with Gasteiger partial charge in [0.25, 0.3) is 0 Å². The van der Waals surface area contributed by atoms with Gasteiger partial charge in [0.2, 0.25) is 11.2 Å². The highest BCUT2D eigenvalue weighted by Crippen LogP contribution is 2.24. The van der Waals surface area contributed by atoms with Gasteiger partial charge in [-0.15, -0.1) is 0 Å². The third kappa shape index (κ3) is 3.36. The number of ether oxygens (including phenoxy) is 1. The van der Waals surface area contributed by atoms with Crippen LogP contribution in [0.25, 0.3) is 0 Å². The van der Waals surface area contributed by atoms with Crippen LogP contribution < -0.4 is 4.90 Å². The minimum absolute atomic E-state index is 0.194. The van der Waals surface area contributed by atoms with Crippen LogP contribution in [0.5, 0.6) is 0 Å². The van der Waals surface area contributed by atoms with Crippen molar-refractivity contribution in [2.24, 2.45) is 0 Å². The first-order valence-electron chi connectivity index (χ1n) is 6.14. The third-order valence-electron chi connectivity index (χ3n) is 2.70. The Morgan fingerprint density at radius 2 is 2.00 bits per heavy atom. The Bertz CT molecular complexity index is 579. The van der Waals surface area contributed by atoms with E-state index in [1.165, 1.54) is 11.8 Å². The van der Waals surface area contributed by atoms with Crippen LogP contribution >= 0.6 is 23.4 Å². The fraction of sp³-hybridized carbons (Fsp3) is 0.333. The lowest BCUT2D eigenvalue weighted by Crippen LogP contribution is -2.37. The van der Waals surface area contributed by atoms with Crippen LogP contribution in [0.15, 0.2) is 34.6 Å². The molecule has 1 aliphatic rings. The topological polar surface area (TPSA) is 64.0 Å². The lowest BCUT2D eigenvalue weighted by atomic mass is 10.4. The van der Waals surface area contributed by atoms with Gasteiger partial charge in [-0.2, -0.15) is 15.0 Å². The maximum Gasteiger partial charge on any atom is 0.230 e. The maximum absolute atomic E-state index is 5.98. The third-order valence-corrected chi connectivity index (χ3v) is 3.69. The molecule has 2 aromatic rings. The minimum Gasteiger partial charge on any atom is -0.378 e. The molecule has 1 saturated heterocycles. The highest BCUT2D eigenvalue weighted by atomic mass is 35.5. The predicted octanol–water partition coefficient (Wildman–Crippen LogP) is 1.91.